The molecule has 0 bridgehead atoms. The van der Waals surface area contributed by atoms with E-state index in [1.807, 2.05) is 25.1 Å². The first-order valence-corrected chi connectivity index (χ1v) is 5.68. The van der Waals surface area contributed by atoms with Gasteiger partial charge >= 0.3 is 0 Å². The molecule has 0 unspecified atom stereocenters. The Hall–Kier alpha value is -1.42. The number of nitrogens with zero attached hydrogens (tertiary/aromatic N) is 2. The molecule has 0 saturated carbocycles. The summed E-state index contributed by atoms with van der Waals surface area (Å²) in [5.74, 6) is -0.0591. The Balaban J connectivity index is 2.45. The van der Waals surface area contributed by atoms with Gasteiger partial charge in [0, 0.05) is 23.3 Å². The summed E-state index contributed by atoms with van der Waals surface area (Å²) in [6, 6.07) is 7.42. The summed E-state index contributed by atoms with van der Waals surface area (Å²) in [7, 11) is 1.79. The molecule has 0 aliphatic rings. The summed E-state index contributed by atoms with van der Waals surface area (Å²) in [6.07, 6.45) is 1.76. The van der Waals surface area contributed by atoms with E-state index in [1.54, 1.807) is 24.0 Å². The van der Waals surface area contributed by atoms with Gasteiger partial charge in [-0.1, -0.05) is 27.6 Å². The van der Waals surface area contributed by atoms with E-state index in [1.165, 1.54) is 0 Å². The first kappa shape index (κ1) is 11.1. The molecule has 1 aromatic heterocycles. The van der Waals surface area contributed by atoms with Gasteiger partial charge in [0.25, 0.3) is 0 Å². The summed E-state index contributed by atoms with van der Waals surface area (Å²) >= 11 is 3.38. The maximum Gasteiger partial charge on any atom is 0.214 e. The molecule has 0 amide bonds. The van der Waals surface area contributed by atoms with Gasteiger partial charge in [-0.2, -0.15) is 5.10 Å². The van der Waals surface area contributed by atoms with Crippen molar-refractivity contribution < 1.29 is 4.79 Å². The number of benzene rings is 1. The van der Waals surface area contributed by atoms with Gasteiger partial charge in [-0.3, -0.25) is 9.48 Å². The number of ketones is 1. The van der Waals surface area contributed by atoms with E-state index in [0.29, 0.717) is 11.3 Å². The Morgan fingerprint density at radius 2 is 2.12 bits per heavy atom. The van der Waals surface area contributed by atoms with Crippen molar-refractivity contribution in [2.75, 3.05) is 0 Å². The maximum absolute atomic E-state index is 12.1. The Labute approximate surface area is 102 Å². The van der Waals surface area contributed by atoms with Crippen LogP contribution < -0.4 is 0 Å². The average molecular weight is 279 g/mol. The Kier molecular flexibility index (Phi) is 2.92. The molecule has 2 aromatic rings. The fraction of sp³-hybridized carbons (Fsp3) is 0.167. The zero-order chi connectivity index (χ0) is 11.7. The van der Waals surface area contributed by atoms with Crippen LogP contribution >= 0.6 is 15.9 Å². The van der Waals surface area contributed by atoms with Crippen LogP contribution in [0.15, 0.2) is 34.9 Å². The predicted octanol–water partition coefficient (Wildman–Crippen LogP) is 2.72. The lowest BCUT2D eigenvalue weighted by Gasteiger charge is -2.02. The van der Waals surface area contributed by atoms with Crippen LogP contribution in [0.2, 0.25) is 0 Å². The fourth-order valence-electron chi connectivity index (χ4n) is 1.49. The molecule has 0 N–H and O–H groups in total. The van der Waals surface area contributed by atoms with Crippen LogP contribution in [0.3, 0.4) is 0 Å². The maximum atomic E-state index is 12.1. The largest absolute Gasteiger partial charge is 0.287 e. The molecule has 82 valence electrons. The third-order valence-corrected chi connectivity index (χ3v) is 3.00. The van der Waals surface area contributed by atoms with E-state index >= 15 is 0 Å². The smallest absolute Gasteiger partial charge is 0.214 e. The molecule has 0 aliphatic heterocycles. The van der Waals surface area contributed by atoms with E-state index in [4.69, 9.17) is 0 Å². The van der Waals surface area contributed by atoms with Gasteiger partial charge in [-0.15, -0.1) is 0 Å². The number of aromatic nitrogens is 2. The molecule has 0 fully saturated rings. The van der Waals surface area contributed by atoms with Crippen LogP contribution in [0.4, 0.5) is 0 Å². The van der Waals surface area contributed by atoms with Gasteiger partial charge in [0.2, 0.25) is 5.78 Å². The van der Waals surface area contributed by atoms with Gasteiger partial charge < -0.3 is 0 Å². The van der Waals surface area contributed by atoms with E-state index in [0.717, 1.165) is 10.0 Å². The molecule has 4 heteroatoms. The molecule has 3 nitrogen and oxygen atoms in total. The minimum atomic E-state index is -0.0591. The molecule has 1 aromatic carbocycles. The third-order valence-electron chi connectivity index (χ3n) is 2.31. The number of hydrogen-bond acceptors (Lipinski definition) is 2. The molecular formula is C12H11BrN2O. The zero-order valence-electron chi connectivity index (χ0n) is 9.07. The highest BCUT2D eigenvalue weighted by molar-refractivity contribution is 9.10. The second-order valence-electron chi connectivity index (χ2n) is 3.69. The fourth-order valence-corrected chi connectivity index (χ4v) is 1.91. The average Bonchev–Trinajstić information content (AvgIpc) is 2.67. The van der Waals surface area contributed by atoms with Crippen molar-refractivity contribution >= 4 is 21.7 Å². The number of halogens is 1. The lowest BCUT2D eigenvalue weighted by atomic mass is 10.1. The molecule has 0 radical (unpaired) electrons. The second kappa shape index (κ2) is 4.22. The highest BCUT2D eigenvalue weighted by Gasteiger charge is 2.14. The molecular weight excluding hydrogens is 268 g/mol. The SMILES string of the molecule is Cc1ccc(Br)c(C(=O)c2ccn(C)n2)c1. The third kappa shape index (κ3) is 2.07. The van der Waals surface area contributed by atoms with Gasteiger partial charge in [0.05, 0.1) is 0 Å². The molecule has 0 aliphatic carbocycles. The van der Waals surface area contributed by atoms with Crippen molar-refractivity contribution in [2.45, 2.75) is 6.92 Å². The molecule has 16 heavy (non-hydrogen) atoms. The second-order valence-corrected chi connectivity index (χ2v) is 4.54. The molecule has 0 atom stereocenters. The van der Waals surface area contributed by atoms with Gasteiger partial charge in [0.1, 0.15) is 5.69 Å². The molecule has 1 heterocycles. The Bertz CT molecular complexity index is 546. The lowest BCUT2D eigenvalue weighted by Crippen LogP contribution is -2.04. The summed E-state index contributed by atoms with van der Waals surface area (Å²) in [4.78, 5) is 12.1. The van der Waals surface area contributed by atoms with Crippen LogP contribution in [0.25, 0.3) is 0 Å². The van der Waals surface area contributed by atoms with Crippen molar-refractivity contribution in [3.05, 3.63) is 51.8 Å². The van der Waals surface area contributed by atoms with Crippen LogP contribution in [0.1, 0.15) is 21.6 Å². The highest BCUT2D eigenvalue weighted by atomic mass is 79.9. The summed E-state index contributed by atoms with van der Waals surface area (Å²) in [5, 5.41) is 4.10. The summed E-state index contributed by atoms with van der Waals surface area (Å²) < 4.78 is 2.42. The Morgan fingerprint density at radius 1 is 1.38 bits per heavy atom. The first-order chi connectivity index (χ1) is 7.58. The summed E-state index contributed by atoms with van der Waals surface area (Å²) in [6.45, 7) is 1.96. The van der Waals surface area contributed by atoms with Gasteiger partial charge in [0.15, 0.2) is 0 Å². The number of hydrogen-bond donors (Lipinski definition) is 0. The van der Waals surface area contributed by atoms with Crippen LogP contribution in [-0.4, -0.2) is 15.6 Å². The van der Waals surface area contributed by atoms with Crippen molar-refractivity contribution in [1.29, 1.82) is 0 Å². The van der Waals surface area contributed by atoms with Crippen LogP contribution in [0.5, 0.6) is 0 Å². The van der Waals surface area contributed by atoms with Crippen LogP contribution in [-0.2, 0) is 7.05 Å². The monoisotopic (exact) mass is 278 g/mol. The van der Waals surface area contributed by atoms with Crippen LogP contribution in [0, 0.1) is 6.92 Å². The predicted molar refractivity (Wildman–Crippen MR) is 65.5 cm³/mol. The van der Waals surface area contributed by atoms with Crippen molar-refractivity contribution in [3.8, 4) is 0 Å². The number of carbonyl (C=O) groups is 1. The van der Waals surface area contributed by atoms with Crippen molar-refractivity contribution in [1.82, 2.24) is 9.78 Å². The van der Waals surface area contributed by atoms with Gasteiger partial charge in [-0.05, 0) is 25.1 Å². The van der Waals surface area contributed by atoms with Crippen molar-refractivity contribution in [3.63, 3.8) is 0 Å². The number of aryl methyl sites for hydroxylation is 2. The minimum absolute atomic E-state index is 0.0591. The standard InChI is InChI=1S/C12H11BrN2O/c1-8-3-4-10(13)9(7-8)12(16)11-5-6-15(2)14-11/h3-7H,1-2H3. The number of carbonyl (C=O) groups excluding carboxylic acids is 1. The van der Waals surface area contributed by atoms with E-state index in [2.05, 4.69) is 21.0 Å². The quantitative estimate of drug-likeness (QED) is 0.792. The lowest BCUT2D eigenvalue weighted by molar-refractivity contribution is 0.103. The topological polar surface area (TPSA) is 34.9 Å². The highest BCUT2D eigenvalue weighted by Crippen LogP contribution is 2.20. The van der Waals surface area contributed by atoms with Gasteiger partial charge in [-0.25, -0.2) is 0 Å². The van der Waals surface area contributed by atoms with E-state index in [9.17, 15) is 4.79 Å². The van der Waals surface area contributed by atoms with E-state index < -0.39 is 0 Å². The van der Waals surface area contributed by atoms with E-state index in [-0.39, 0.29) is 5.78 Å². The normalized spacial score (nSPS) is 10.4. The number of rotatable bonds is 2. The Morgan fingerprint density at radius 3 is 2.75 bits per heavy atom. The minimum Gasteiger partial charge on any atom is -0.287 e. The molecule has 0 spiro atoms. The zero-order valence-corrected chi connectivity index (χ0v) is 10.7. The molecule has 2 rings (SSSR count). The van der Waals surface area contributed by atoms with Crippen molar-refractivity contribution in [2.24, 2.45) is 7.05 Å². The molecule has 0 saturated heterocycles. The first-order valence-electron chi connectivity index (χ1n) is 4.88. The summed E-state index contributed by atoms with van der Waals surface area (Å²) in [5.41, 5.74) is 2.18.